The number of carbonyl (C=O) groups excluding carboxylic acids is 1. The number of anilines is 1. The highest BCUT2D eigenvalue weighted by molar-refractivity contribution is 5.88. The van der Waals surface area contributed by atoms with Crippen LogP contribution in [0.3, 0.4) is 0 Å². The van der Waals surface area contributed by atoms with Crippen molar-refractivity contribution in [2.75, 3.05) is 25.0 Å². The lowest BCUT2D eigenvalue weighted by atomic mass is 10.1. The fraction of sp³-hybridized carbons (Fsp3) is 0.333. The number of likely N-dealkylation sites (N-methyl/N-ethyl adjacent to an activating group) is 2. The number of carboxylic acids is 1. The van der Waals surface area contributed by atoms with Gasteiger partial charge in [-0.05, 0) is 37.6 Å². The number of rotatable bonds is 6. The molecular weight excluding hydrogens is 256 g/mol. The molecule has 5 nitrogen and oxygen atoms in total. The van der Waals surface area contributed by atoms with Crippen LogP contribution < -0.4 is 10.2 Å². The predicted octanol–water partition coefficient (Wildman–Crippen LogP) is 1.67. The number of carboxylic acid groups (broad SMARTS) is 1. The fourth-order valence-corrected chi connectivity index (χ4v) is 1.88. The van der Waals surface area contributed by atoms with Crippen LogP contribution >= 0.6 is 0 Å². The monoisotopic (exact) mass is 276 g/mol. The maximum absolute atomic E-state index is 11.5. The molecule has 1 rings (SSSR count). The molecule has 2 N–H and O–H groups in total. The second-order valence-electron chi connectivity index (χ2n) is 4.42. The molecule has 0 radical (unpaired) electrons. The molecule has 0 aliphatic heterocycles. The molecule has 5 heteroatoms. The molecule has 0 unspecified atom stereocenters. The minimum absolute atomic E-state index is 0.0828. The van der Waals surface area contributed by atoms with Gasteiger partial charge in [0.1, 0.15) is 0 Å². The smallest absolute Gasteiger partial charge is 0.328 e. The minimum Gasteiger partial charge on any atom is -0.478 e. The van der Waals surface area contributed by atoms with Crippen molar-refractivity contribution in [2.24, 2.45) is 0 Å². The van der Waals surface area contributed by atoms with Crippen molar-refractivity contribution in [2.45, 2.75) is 13.8 Å². The van der Waals surface area contributed by atoms with Gasteiger partial charge in [-0.25, -0.2) is 4.79 Å². The largest absolute Gasteiger partial charge is 0.478 e. The zero-order valence-electron chi connectivity index (χ0n) is 12.0. The summed E-state index contributed by atoms with van der Waals surface area (Å²) < 4.78 is 0. The van der Waals surface area contributed by atoms with Crippen molar-refractivity contribution < 1.29 is 14.7 Å². The van der Waals surface area contributed by atoms with E-state index in [2.05, 4.69) is 5.32 Å². The summed E-state index contributed by atoms with van der Waals surface area (Å²) in [6.45, 7) is 4.79. The van der Waals surface area contributed by atoms with Crippen LogP contribution in [0.1, 0.15) is 18.1 Å². The summed E-state index contributed by atoms with van der Waals surface area (Å²) in [5.41, 5.74) is 2.67. The third-order valence-corrected chi connectivity index (χ3v) is 2.92. The van der Waals surface area contributed by atoms with Gasteiger partial charge in [-0.2, -0.15) is 0 Å². The van der Waals surface area contributed by atoms with Crippen LogP contribution in [0.2, 0.25) is 0 Å². The Kier molecular flexibility index (Phi) is 5.77. The number of benzene rings is 1. The van der Waals surface area contributed by atoms with Crippen molar-refractivity contribution in [1.29, 1.82) is 0 Å². The number of carbonyl (C=O) groups is 2. The maximum atomic E-state index is 11.5. The van der Waals surface area contributed by atoms with Gasteiger partial charge in [-0.3, -0.25) is 4.79 Å². The summed E-state index contributed by atoms with van der Waals surface area (Å²) in [5, 5.41) is 11.3. The Labute approximate surface area is 118 Å². The van der Waals surface area contributed by atoms with Crippen LogP contribution in [0.15, 0.2) is 24.3 Å². The zero-order chi connectivity index (χ0) is 15.1. The van der Waals surface area contributed by atoms with E-state index in [1.165, 1.54) is 0 Å². The highest BCUT2D eigenvalue weighted by Gasteiger charge is 2.12. The molecule has 0 aliphatic carbocycles. The Morgan fingerprint density at radius 1 is 1.40 bits per heavy atom. The van der Waals surface area contributed by atoms with E-state index in [1.807, 2.05) is 36.9 Å². The van der Waals surface area contributed by atoms with E-state index in [9.17, 15) is 9.59 Å². The number of aryl methyl sites for hydroxylation is 1. The topological polar surface area (TPSA) is 69.6 Å². The second-order valence-corrected chi connectivity index (χ2v) is 4.42. The summed E-state index contributed by atoms with van der Waals surface area (Å²) in [5.74, 6) is -1.08. The molecule has 0 fully saturated rings. The van der Waals surface area contributed by atoms with Crippen LogP contribution in [0.25, 0.3) is 6.08 Å². The molecule has 0 saturated heterocycles. The first kappa shape index (κ1) is 15.8. The van der Waals surface area contributed by atoms with Gasteiger partial charge in [-0.1, -0.05) is 11.6 Å². The van der Waals surface area contributed by atoms with Crippen LogP contribution in [-0.4, -0.2) is 37.1 Å². The summed E-state index contributed by atoms with van der Waals surface area (Å²) in [6, 6.07) is 5.75. The van der Waals surface area contributed by atoms with Gasteiger partial charge >= 0.3 is 5.97 Å². The van der Waals surface area contributed by atoms with Crippen LogP contribution in [0.5, 0.6) is 0 Å². The molecule has 108 valence electrons. The Morgan fingerprint density at radius 3 is 2.65 bits per heavy atom. The third kappa shape index (κ3) is 4.42. The van der Waals surface area contributed by atoms with Gasteiger partial charge in [0.15, 0.2) is 0 Å². The lowest BCUT2D eigenvalue weighted by Crippen LogP contribution is -2.35. The van der Waals surface area contributed by atoms with Gasteiger partial charge in [-0.15, -0.1) is 0 Å². The lowest BCUT2D eigenvalue weighted by molar-refractivity contribution is -0.131. The van der Waals surface area contributed by atoms with E-state index in [4.69, 9.17) is 5.11 Å². The highest BCUT2D eigenvalue weighted by Crippen LogP contribution is 2.23. The van der Waals surface area contributed by atoms with E-state index in [-0.39, 0.29) is 12.5 Å². The van der Waals surface area contributed by atoms with Crippen LogP contribution in [0, 0.1) is 6.92 Å². The fourth-order valence-electron chi connectivity index (χ4n) is 1.88. The number of hydrogen-bond donors (Lipinski definition) is 2. The molecule has 20 heavy (non-hydrogen) atoms. The Bertz CT molecular complexity index is 524. The molecular formula is C15H20N2O3. The number of nitrogens with one attached hydrogen (secondary N) is 1. The highest BCUT2D eigenvalue weighted by atomic mass is 16.4. The molecule has 0 atom stereocenters. The number of hydrogen-bond acceptors (Lipinski definition) is 3. The summed E-state index contributed by atoms with van der Waals surface area (Å²) >= 11 is 0. The number of nitrogens with zero attached hydrogens (tertiary/aromatic N) is 1. The van der Waals surface area contributed by atoms with Gasteiger partial charge in [0.2, 0.25) is 5.91 Å². The predicted molar refractivity (Wildman–Crippen MR) is 79.8 cm³/mol. The molecule has 0 spiro atoms. The molecule has 1 aromatic carbocycles. The van der Waals surface area contributed by atoms with Crippen molar-refractivity contribution in [3.63, 3.8) is 0 Å². The van der Waals surface area contributed by atoms with E-state index in [1.54, 1.807) is 13.1 Å². The zero-order valence-corrected chi connectivity index (χ0v) is 12.0. The van der Waals surface area contributed by atoms with E-state index >= 15 is 0 Å². The maximum Gasteiger partial charge on any atom is 0.328 e. The van der Waals surface area contributed by atoms with E-state index in [0.29, 0.717) is 6.54 Å². The average Bonchev–Trinajstić information content (AvgIpc) is 2.42. The van der Waals surface area contributed by atoms with Gasteiger partial charge < -0.3 is 15.3 Å². The SMILES string of the molecule is CCN(CC(=O)NC)c1ccc(C)cc1/C=C/C(=O)O. The van der Waals surface area contributed by atoms with Crippen LogP contribution in [-0.2, 0) is 9.59 Å². The first-order chi connectivity index (χ1) is 9.47. The number of aliphatic carboxylic acids is 1. The normalized spacial score (nSPS) is 10.6. The Morgan fingerprint density at radius 2 is 2.10 bits per heavy atom. The summed E-state index contributed by atoms with van der Waals surface area (Å²) in [7, 11) is 1.59. The average molecular weight is 276 g/mol. The molecule has 1 amide bonds. The lowest BCUT2D eigenvalue weighted by Gasteiger charge is -2.24. The van der Waals surface area contributed by atoms with Crippen molar-refractivity contribution in [3.05, 3.63) is 35.4 Å². The van der Waals surface area contributed by atoms with Crippen molar-refractivity contribution >= 4 is 23.6 Å². The molecule has 0 saturated carbocycles. The van der Waals surface area contributed by atoms with Gasteiger partial charge in [0, 0.05) is 25.4 Å². The molecule has 0 aromatic heterocycles. The molecule has 0 heterocycles. The number of amides is 1. The Balaban J connectivity index is 3.13. The van der Waals surface area contributed by atoms with Crippen molar-refractivity contribution in [1.82, 2.24) is 5.32 Å². The second kappa shape index (κ2) is 7.33. The minimum atomic E-state index is -0.994. The van der Waals surface area contributed by atoms with Crippen LogP contribution in [0.4, 0.5) is 5.69 Å². The van der Waals surface area contributed by atoms with E-state index < -0.39 is 5.97 Å². The molecule has 0 bridgehead atoms. The van der Waals surface area contributed by atoms with Gasteiger partial charge in [0.25, 0.3) is 0 Å². The Hall–Kier alpha value is -2.30. The van der Waals surface area contributed by atoms with Crippen molar-refractivity contribution in [3.8, 4) is 0 Å². The first-order valence-corrected chi connectivity index (χ1v) is 6.45. The molecule has 1 aromatic rings. The first-order valence-electron chi connectivity index (χ1n) is 6.45. The standard InChI is InChI=1S/C15H20N2O3/c1-4-17(10-14(18)16-3)13-7-5-11(2)9-12(13)6-8-15(19)20/h5-9H,4,10H2,1-3H3,(H,16,18)(H,19,20)/b8-6+. The summed E-state index contributed by atoms with van der Waals surface area (Å²) in [4.78, 5) is 24.1. The third-order valence-electron chi connectivity index (χ3n) is 2.92. The van der Waals surface area contributed by atoms with E-state index in [0.717, 1.165) is 22.9 Å². The molecule has 0 aliphatic rings. The quantitative estimate of drug-likeness (QED) is 0.775. The van der Waals surface area contributed by atoms with Gasteiger partial charge in [0.05, 0.1) is 6.54 Å². The summed E-state index contributed by atoms with van der Waals surface area (Å²) in [6.07, 6.45) is 2.66.